The van der Waals surface area contributed by atoms with E-state index < -0.39 is 0 Å². The summed E-state index contributed by atoms with van der Waals surface area (Å²) in [5, 5.41) is 9.62. The van der Waals surface area contributed by atoms with Gasteiger partial charge in [-0.05, 0) is 76.0 Å². The molecular weight excluding hydrogens is 244 g/mol. The van der Waals surface area contributed by atoms with E-state index in [-0.39, 0.29) is 6.10 Å². The van der Waals surface area contributed by atoms with Gasteiger partial charge in [-0.15, -0.1) is 0 Å². The highest BCUT2D eigenvalue weighted by Gasteiger charge is 2.30. The Hall–Kier alpha value is -0.560. The predicted molar refractivity (Wildman–Crippen MR) is 86.6 cm³/mol. The van der Waals surface area contributed by atoms with E-state index in [9.17, 15) is 5.11 Å². The van der Waals surface area contributed by atoms with Crippen molar-refractivity contribution in [3.8, 4) is 0 Å². The summed E-state index contributed by atoms with van der Waals surface area (Å²) in [7, 11) is 0. The Morgan fingerprint density at radius 1 is 1.00 bits per heavy atom. The van der Waals surface area contributed by atoms with Crippen LogP contribution >= 0.6 is 0 Å². The molecule has 0 aromatic rings. The smallest absolute Gasteiger partial charge is 0.0540 e. The van der Waals surface area contributed by atoms with Crippen molar-refractivity contribution in [1.82, 2.24) is 0 Å². The maximum absolute atomic E-state index is 9.62. The zero-order chi connectivity index (χ0) is 14.4. The van der Waals surface area contributed by atoms with E-state index >= 15 is 0 Å². The van der Waals surface area contributed by atoms with Gasteiger partial charge in [0.1, 0.15) is 0 Å². The summed E-state index contributed by atoms with van der Waals surface area (Å²) in [6, 6.07) is 0. The second-order valence-corrected chi connectivity index (χ2v) is 6.96. The Morgan fingerprint density at radius 3 is 2.05 bits per heavy atom. The van der Waals surface area contributed by atoms with Crippen LogP contribution in [0.5, 0.6) is 0 Å². The van der Waals surface area contributed by atoms with Crippen LogP contribution in [0.4, 0.5) is 0 Å². The fourth-order valence-electron chi connectivity index (χ4n) is 4.26. The zero-order valence-corrected chi connectivity index (χ0v) is 13.2. The highest BCUT2D eigenvalue weighted by atomic mass is 16.3. The number of allylic oxidation sites excluding steroid dienone is 3. The Labute approximate surface area is 125 Å². The number of hydrogen-bond donors (Lipinski definition) is 1. The normalized spacial score (nSPS) is 35.8. The van der Waals surface area contributed by atoms with Crippen LogP contribution in [0.25, 0.3) is 0 Å². The lowest BCUT2D eigenvalue weighted by Crippen LogP contribution is -2.27. The molecule has 2 fully saturated rings. The zero-order valence-electron chi connectivity index (χ0n) is 13.2. The lowest BCUT2D eigenvalue weighted by atomic mass is 9.70. The predicted octanol–water partition coefficient (Wildman–Crippen LogP) is 5.26. The number of aliphatic hydroxyl groups is 1. The first-order valence-corrected chi connectivity index (χ1v) is 8.68. The molecule has 0 unspecified atom stereocenters. The summed E-state index contributed by atoms with van der Waals surface area (Å²) in [5.41, 5.74) is 1.41. The van der Waals surface area contributed by atoms with E-state index in [1.54, 1.807) is 0 Å². The first-order chi connectivity index (χ1) is 9.72. The van der Waals surface area contributed by atoms with Crippen LogP contribution in [0.2, 0.25) is 0 Å². The molecule has 0 aliphatic heterocycles. The minimum atomic E-state index is 0.000689. The van der Waals surface area contributed by atoms with E-state index in [1.165, 1.54) is 56.9 Å². The highest BCUT2D eigenvalue weighted by molar-refractivity contribution is 5.14. The lowest BCUT2D eigenvalue weighted by Gasteiger charge is -2.37. The van der Waals surface area contributed by atoms with Crippen molar-refractivity contribution in [2.45, 2.75) is 77.2 Å². The third kappa shape index (κ3) is 4.48. The molecule has 1 heteroatoms. The molecule has 0 heterocycles. The number of rotatable bonds is 5. The molecule has 0 amide bonds. The van der Waals surface area contributed by atoms with Crippen molar-refractivity contribution in [1.29, 1.82) is 0 Å². The van der Waals surface area contributed by atoms with Gasteiger partial charge in [0.25, 0.3) is 0 Å². The summed E-state index contributed by atoms with van der Waals surface area (Å²) in [6.45, 7) is 6.00. The second-order valence-electron chi connectivity index (χ2n) is 6.96. The molecule has 2 rings (SSSR count). The van der Waals surface area contributed by atoms with Gasteiger partial charge in [-0.25, -0.2) is 0 Å². The molecule has 114 valence electrons. The maximum Gasteiger partial charge on any atom is 0.0540 e. The van der Waals surface area contributed by atoms with Crippen molar-refractivity contribution in [2.24, 2.45) is 17.8 Å². The second kappa shape index (κ2) is 8.02. The molecule has 2 aliphatic rings. The number of hydrogen-bond acceptors (Lipinski definition) is 1. The van der Waals surface area contributed by atoms with E-state index in [0.717, 1.165) is 30.6 Å². The molecular formula is C19H32O. The van der Waals surface area contributed by atoms with Crippen molar-refractivity contribution in [2.75, 3.05) is 0 Å². The van der Waals surface area contributed by atoms with Crippen LogP contribution in [-0.2, 0) is 0 Å². The largest absolute Gasteiger partial charge is 0.393 e. The minimum absolute atomic E-state index is 0.000689. The Morgan fingerprint density at radius 2 is 1.55 bits per heavy atom. The molecule has 20 heavy (non-hydrogen) atoms. The lowest BCUT2D eigenvalue weighted by molar-refractivity contribution is 0.0765. The minimum Gasteiger partial charge on any atom is -0.393 e. The summed E-state index contributed by atoms with van der Waals surface area (Å²) in [6.07, 6.45) is 17.2. The first-order valence-electron chi connectivity index (χ1n) is 8.68. The van der Waals surface area contributed by atoms with Gasteiger partial charge in [-0.3, -0.25) is 0 Å². The average Bonchev–Trinajstić information content (AvgIpc) is 2.50. The number of aliphatic hydroxyl groups excluding tert-OH is 1. The summed E-state index contributed by atoms with van der Waals surface area (Å²) < 4.78 is 0. The van der Waals surface area contributed by atoms with Gasteiger partial charge in [0.2, 0.25) is 0 Å². The van der Waals surface area contributed by atoms with Gasteiger partial charge >= 0.3 is 0 Å². The van der Waals surface area contributed by atoms with Gasteiger partial charge in [0.05, 0.1) is 6.10 Å². The van der Waals surface area contributed by atoms with Gasteiger partial charge in [-0.1, -0.05) is 37.1 Å². The van der Waals surface area contributed by atoms with Gasteiger partial charge in [-0.2, -0.15) is 0 Å². The Bertz CT molecular complexity index is 315. The van der Waals surface area contributed by atoms with E-state index in [1.807, 2.05) is 6.08 Å². The first kappa shape index (κ1) is 15.8. The van der Waals surface area contributed by atoms with E-state index in [2.05, 4.69) is 19.6 Å². The van der Waals surface area contributed by atoms with Gasteiger partial charge < -0.3 is 5.11 Å². The quantitative estimate of drug-likeness (QED) is 0.679. The molecule has 0 saturated heterocycles. The van der Waals surface area contributed by atoms with Crippen LogP contribution in [-0.4, -0.2) is 11.2 Å². The molecule has 0 radical (unpaired) electrons. The average molecular weight is 276 g/mol. The molecule has 2 aliphatic carbocycles. The highest BCUT2D eigenvalue weighted by Crippen LogP contribution is 2.41. The van der Waals surface area contributed by atoms with Gasteiger partial charge in [0.15, 0.2) is 0 Å². The SMILES string of the molecule is C=C/C(=C\C)CCC1CCC(C2CCC(O)CC2)CC1. The van der Waals surface area contributed by atoms with Crippen molar-refractivity contribution < 1.29 is 5.11 Å². The third-order valence-corrected chi connectivity index (χ3v) is 5.77. The molecule has 0 spiro atoms. The standard InChI is InChI=1S/C19H32O/c1-3-15(4-2)5-6-16-7-9-17(10-8-16)18-11-13-19(20)14-12-18/h3-4,16-20H,1,5-14H2,2H3/b15-4+. The Balaban J connectivity index is 1.68. The van der Waals surface area contributed by atoms with Crippen LogP contribution in [0.15, 0.2) is 24.3 Å². The van der Waals surface area contributed by atoms with Gasteiger partial charge in [0, 0.05) is 0 Å². The molecule has 0 atom stereocenters. The monoisotopic (exact) mass is 276 g/mol. The molecule has 1 N–H and O–H groups in total. The third-order valence-electron chi connectivity index (χ3n) is 5.77. The fourth-order valence-corrected chi connectivity index (χ4v) is 4.26. The molecule has 1 nitrogen and oxygen atoms in total. The molecule has 2 saturated carbocycles. The topological polar surface area (TPSA) is 20.2 Å². The van der Waals surface area contributed by atoms with Crippen molar-refractivity contribution >= 4 is 0 Å². The van der Waals surface area contributed by atoms with E-state index in [4.69, 9.17) is 0 Å². The maximum atomic E-state index is 9.62. The Kier molecular flexibility index (Phi) is 6.35. The van der Waals surface area contributed by atoms with Crippen LogP contribution in [0, 0.1) is 17.8 Å². The van der Waals surface area contributed by atoms with E-state index in [0.29, 0.717) is 0 Å². The van der Waals surface area contributed by atoms with Crippen LogP contribution in [0.3, 0.4) is 0 Å². The summed E-state index contributed by atoms with van der Waals surface area (Å²) in [5.74, 6) is 2.81. The van der Waals surface area contributed by atoms with Crippen LogP contribution < -0.4 is 0 Å². The van der Waals surface area contributed by atoms with Crippen molar-refractivity contribution in [3.05, 3.63) is 24.3 Å². The molecule has 0 bridgehead atoms. The summed E-state index contributed by atoms with van der Waals surface area (Å²) in [4.78, 5) is 0. The summed E-state index contributed by atoms with van der Waals surface area (Å²) >= 11 is 0. The molecule has 0 aromatic carbocycles. The van der Waals surface area contributed by atoms with Crippen molar-refractivity contribution in [3.63, 3.8) is 0 Å². The fraction of sp³-hybridized carbons (Fsp3) is 0.789. The van der Waals surface area contributed by atoms with Crippen LogP contribution in [0.1, 0.15) is 71.1 Å². The molecule has 0 aromatic heterocycles.